The van der Waals surface area contributed by atoms with E-state index in [1.54, 1.807) is 27.2 Å². The largest absolute Gasteiger partial charge is 0.308 e. The Bertz CT molecular complexity index is 3820. The molecular weight excluding hydrogens is 733 g/mol. The molecule has 57 heavy (non-hydrogen) atoms. The Labute approximate surface area is 344 Å². The first-order valence-electron chi connectivity index (χ1n) is 21.5. The summed E-state index contributed by atoms with van der Waals surface area (Å²) in [7, 11) is 0. The average Bonchev–Trinajstić information content (AvgIpc) is 4.01. The van der Waals surface area contributed by atoms with E-state index < -0.39 is 0 Å². The van der Waals surface area contributed by atoms with Crippen molar-refractivity contribution in [1.82, 2.24) is 19.5 Å². The van der Waals surface area contributed by atoms with E-state index in [4.69, 9.17) is 17.7 Å². The third-order valence-electron chi connectivity index (χ3n) is 10.6. The standard InChI is InChI=1S/C51H30N4S2/c1-2-15-31(16-3-1)49-52-50(39-24-14-30-45-46(39)38-20-7-11-29-44(38)56-45)54-51(53-49)40-25-12-21-35(37-23-13-22-36-34-19-6-10-28-43(34)57-48(36)37)47(40)55-41-26-8-4-17-32(41)33-18-5-9-27-42(33)55/h1-30H/i4D,5D,17D,18D,26D,27D. The van der Waals surface area contributed by atoms with E-state index in [9.17, 15) is 5.48 Å². The Morgan fingerprint density at radius 1 is 0.404 bits per heavy atom. The predicted octanol–water partition coefficient (Wildman–Crippen LogP) is 14.4. The minimum atomic E-state index is -0.182. The molecule has 0 N–H and O–H groups in total. The lowest BCUT2D eigenvalue weighted by Crippen LogP contribution is -2.05. The summed E-state index contributed by atoms with van der Waals surface area (Å²) < 4.78 is 61.0. The van der Waals surface area contributed by atoms with Crippen molar-refractivity contribution in [3.63, 3.8) is 0 Å². The molecule has 12 rings (SSSR count). The average molecular weight is 769 g/mol. The molecule has 4 nitrogen and oxygen atoms in total. The smallest absolute Gasteiger partial charge is 0.166 e. The second-order valence-electron chi connectivity index (χ2n) is 13.8. The first-order valence-corrected chi connectivity index (χ1v) is 20.2. The lowest BCUT2D eigenvalue weighted by molar-refractivity contribution is 1.07. The fourth-order valence-corrected chi connectivity index (χ4v) is 10.5. The molecule has 4 aromatic heterocycles. The molecule has 266 valence electrons. The normalized spacial score (nSPS) is 13.3. The molecule has 0 radical (unpaired) electrons. The van der Waals surface area contributed by atoms with Gasteiger partial charge in [-0.25, -0.2) is 15.0 Å². The van der Waals surface area contributed by atoms with Gasteiger partial charge in [-0.1, -0.05) is 145 Å². The van der Waals surface area contributed by atoms with Crippen LogP contribution in [0.5, 0.6) is 0 Å². The van der Waals surface area contributed by atoms with Gasteiger partial charge >= 0.3 is 0 Å². The lowest BCUT2D eigenvalue weighted by atomic mass is 9.97. The summed E-state index contributed by atoms with van der Waals surface area (Å²) in [5, 5.41) is 4.71. The summed E-state index contributed by atoms with van der Waals surface area (Å²) in [6.45, 7) is 0. The van der Waals surface area contributed by atoms with Gasteiger partial charge in [0.05, 0.1) is 24.9 Å². The summed E-state index contributed by atoms with van der Waals surface area (Å²) in [5.41, 5.74) is 4.89. The van der Waals surface area contributed by atoms with Crippen LogP contribution in [-0.2, 0) is 0 Å². The van der Waals surface area contributed by atoms with Gasteiger partial charge in [-0.05, 0) is 36.4 Å². The van der Waals surface area contributed by atoms with E-state index in [1.165, 1.54) is 12.1 Å². The zero-order valence-electron chi connectivity index (χ0n) is 36.0. The quantitative estimate of drug-likeness (QED) is 0.175. The van der Waals surface area contributed by atoms with Crippen LogP contribution in [0.3, 0.4) is 0 Å². The maximum Gasteiger partial charge on any atom is 0.166 e. The Morgan fingerprint density at radius 2 is 0.965 bits per heavy atom. The predicted molar refractivity (Wildman–Crippen MR) is 242 cm³/mol. The molecule has 0 saturated carbocycles. The molecule has 8 aromatic carbocycles. The number of hydrogen-bond donors (Lipinski definition) is 0. The highest BCUT2D eigenvalue weighted by molar-refractivity contribution is 7.26. The van der Waals surface area contributed by atoms with Crippen molar-refractivity contribution in [2.24, 2.45) is 0 Å². The van der Waals surface area contributed by atoms with Crippen molar-refractivity contribution in [2.75, 3.05) is 0 Å². The molecule has 4 heterocycles. The molecule has 0 aliphatic rings. The highest BCUT2D eigenvalue weighted by atomic mass is 32.1. The van der Waals surface area contributed by atoms with Crippen LogP contribution in [0.1, 0.15) is 8.22 Å². The third kappa shape index (κ3) is 5.01. The molecule has 0 fully saturated rings. The van der Waals surface area contributed by atoms with E-state index in [-0.39, 0.29) is 58.1 Å². The Hall–Kier alpha value is -6.99. The number of benzene rings is 8. The highest BCUT2D eigenvalue weighted by Gasteiger charge is 2.24. The van der Waals surface area contributed by atoms with Gasteiger partial charge in [-0.3, -0.25) is 0 Å². The van der Waals surface area contributed by atoms with Gasteiger partial charge < -0.3 is 4.57 Å². The highest BCUT2D eigenvalue weighted by Crippen LogP contribution is 2.46. The van der Waals surface area contributed by atoms with Crippen LogP contribution in [0, 0.1) is 0 Å². The number of aromatic nitrogens is 4. The van der Waals surface area contributed by atoms with Crippen LogP contribution in [0.25, 0.3) is 113 Å². The van der Waals surface area contributed by atoms with Crippen molar-refractivity contribution >= 4 is 84.8 Å². The Morgan fingerprint density at radius 3 is 1.75 bits per heavy atom. The van der Waals surface area contributed by atoms with Gasteiger partial charge in [0.1, 0.15) is 0 Å². The van der Waals surface area contributed by atoms with Crippen molar-refractivity contribution in [2.45, 2.75) is 0 Å². The molecule has 6 heteroatoms. The number of thiophene rings is 2. The summed E-state index contributed by atoms with van der Waals surface area (Å²) in [6.07, 6.45) is 0. The number of rotatable bonds is 5. The van der Waals surface area contributed by atoms with Crippen LogP contribution in [0.2, 0.25) is 0 Å². The Balaban J connectivity index is 1.26. The van der Waals surface area contributed by atoms with Gasteiger partial charge in [0, 0.05) is 78.9 Å². The second kappa shape index (κ2) is 12.8. The van der Waals surface area contributed by atoms with Gasteiger partial charge in [0.25, 0.3) is 0 Å². The summed E-state index contributed by atoms with van der Waals surface area (Å²) in [5.74, 6) is 1.27. The van der Waals surface area contributed by atoms with Gasteiger partial charge in [0.15, 0.2) is 17.5 Å². The zero-order valence-corrected chi connectivity index (χ0v) is 31.6. The van der Waals surface area contributed by atoms with E-state index in [2.05, 4.69) is 42.5 Å². The van der Waals surface area contributed by atoms with Crippen LogP contribution in [0.4, 0.5) is 0 Å². The van der Waals surface area contributed by atoms with Crippen LogP contribution >= 0.6 is 22.7 Å². The number of nitrogens with zero attached hydrogens (tertiary/aromatic N) is 4. The van der Waals surface area contributed by atoms with E-state index >= 15 is 0 Å². The van der Waals surface area contributed by atoms with E-state index in [1.807, 2.05) is 91.0 Å². The first-order chi connectivity index (χ1) is 30.7. The monoisotopic (exact) mass is 768 g/mol. The minimum absolute atomic E-state index is 0.0503. The van der Waals surface area contributed by atoms with Gasteiger partial charge in [-0.2, -0.15) is 0 Å². The minimum Gasteiger partial charge on any atom is -0.308 e. The number of para-hydroxylation sites is 3. The van der Waals surface area contributed by atoms with Crippen LogP contribution in [0.15, 0.2) is 182 Å². The maximum atomic E-state index is 9.46. The number of hydrogen-bond acceptors (Lipinski definition) is 5. The molecule has 0 aliphatic heterocycles. The molecule has 0 spiro atoms. The molecule has 12 aromatic rings. The van der Waals surface area contributed by atoms with Crippen LogP contribution in [-0.4, -0.2) is 19.5 Å². The molecule has 0 bridgehead atoms. The van der Waals surface area contributed by atoms with E-state index in [0.717, 1.165) is 62.6 Å². The molecule has 0 atom stereocenters. The molecule has 0 saturated heterocycles. The molecule has 0 aliphatic carbocycles. The van der Waals surface area contributed by atoms with Crippen molar-refractivity contribution in [3.05, 3.63) is 182 Å². The summed E-state index contributed by atoms with van der Waals surface area (Å²) in [4.78, 5) is 15.8. The fourth-order valence-electron chi connectivity index (χ4n) is 8.17. The molecule has 0 amide bonds. The van der Waals surface area contributed by atoms with Crippen LogP contribution < -0.4 is 0 Å². The summed E-state index contributed by atoms with van der Waals surface area (Å²) in [6, 6.07) is 46.6. The third-order valence-corrected chi connectivity index (χ3v) is 13.0. The molecule has 0 unspecified atom stereocenters. The lowest BCUT2D eigenvalue weighted by Gasteiger charge is -2.19. The van der Waals surface area contributed by atoms with Crippen molar-refractivity contribution < 1.29 is 8.22 Å². The summed E-state index contributed by atoms with van der Waals surface area (Å²) >= 11 is 3.40. The van der Waals surface area contributed by atoms with Gasteiger partial charge in [-0.15, -0.1) is 22.7 Å². The van der Waals surface area contributed by atoms with Gasteiger partial charge in [0.2, 0.25) is 0 Å². The SMILES string of the molecule is [2H]c1cc([2H])c2c(c1[2H])c1c([2H])c([2H])cc([2H])c1n2-c1c(-c2nc(-c3ccccc3)nc(-c3cccc4sc5ccccc5c34)n2)cccc1-c1cccc2c1sc1ccccc12. The zero-order chi connectivity index (χ0) is 42.7. The Kier molecular flexibility index (Phi) is 6.00. The van der Waals surface area contributed by atoms with E-state index in [0.29, 0.717) is 28.7 Å². The first kappa shape index (κ1) is 26.8. The van der Waals surface area contributed by atoms with Crippen molar-refractivity contribution in [1.29, 1.82) is 0 Å². The number of fused-ring (bicyclic) bond motifs is 9. The van der Waals surface area contributed by atoms with Crippen molar-refractivity contribution in [3.8, 4) is 51.0 Å². The topological polar surface area (TPSA) is 43.6 Å². The fraction of sp³-hybridized carbons (Fsp3) is 0. The second-order valence-corrected chi connectivity index (χ2v) is 16.0. The maximum absolute atomic E-state index is 9.46. The molecular formula is C51H30N4S2.